The minimum atomic E-state index is -2.13. The van der Waals surface area contributed by atoms with Gasteiger partial charge in [0.25, 0.3) is 0 Å². The van der Waals surface area contributed by atoms with Crippen molar-refractivity contribution in [1.29, 1.82) is 5.41 Å². The van der Waals surface area contributed by atoms with Crippen LogP contribution in [0.15, 0.2) is 72.4 Å². The first-order chi connectivity index (χ1) is 37.9. The van der Waals surface area contributed by atoms with Crippen molar-refractivity contribution >= 4 is 35.4 Å². The summed E-state index contributed by atoms with van der Waals surface area (Å²) in [5.41, 5.74) is -6.07. The number of unbranched alkanes of at least 4 members (excludes halogenated alkanes) is 16. The smallest absolute Gasteiger partial charge is 0.306 e. The van der Waals surface area contributed by atoms with Crippen molar-refractivity contribution in [2.45, 2.75) is 264 Å². The van der Waals surface area contributed by atoms with Crippen LogP contribution in [-0.2, 0) is 42.9 Å². The molecule has 3 N–H and O–H groups in total. The minimum absolute atomic E-state index is 0.0594. The van der Waals surface area contributed by atoms with Crippen LogP contribution in [-0.4, -0.2) is 88.9 Å². The number of aliphatic hydroxyl groups is 2. The fourth-order valence-corrected chi connectivity index (χ4v) is 11.8. The third-order valence-corrected chi connectivity index (χ3v) is 17.1. The lowest BCUT2D eigenvalue weighted by Crippen LogP contribution is -2.60. The predicted octanol–water partition coefficient (Wildman–Crippen LogP) is 15.1. The van der Waals surface area contributed by atoms with Gasteiger partial charge in [0.05, 0.1) is 24.7 Å². The molecule has 12 nitrogen and oxygen atoms in total. The maximum absolute atomic E-state index is 17.3. The van der Waals surface area contributed by atoms with E-state index in [2.05, 4.69) is 62.5 Å². The van der Waals surface area contributed by atoms with E-state index >= 15 is 4.39 Å². The van der Waals surface area contributed by atoms with Crippen molar-refractivity contribution in [3.8, 4) is 0 Å². The number of alkyl halides is 1. The Bertz CT molecular complexity index is 2060. The molecule has 0 aromatic rings. The Morgan fingerprint density at radius 3 is 1.67 bits per heavy atom. The van der Waals surface area contributed by atoms with E-state index in [0.717, 1.165) is 89.9 Å². The van der Waals surface area contributed by atoms with Gasteiger partial charge in [0.2, 0.25) is 0 Å². The van der Waals surface area contributed by atoms with E-state index in [1.54, 1.807) is 26.8 Å². The average molecular weight is 1110 g/mol. The number of carbonyl (C=O) groups is 5. The second-order valence-electron chi connectivity index (χ2n) is 23.3. The molecular weight excluding hydrogens is 1000 g/mol. The summed E-state index contributed by atoms with van der Waals surface area (Å²) in [5.74, 6) is -3.47. The zero-order valence-electron chi connectivity index (χ0n) is 49.6. The Hall–Kier alpha value is -4.49. The van der Waals surface area contributed by atoms with E-state index in [9.17, 15) is 34.2 Å². The fraction of sp³-hybridized carbons (Fsp3) is 0.727. The van der Waals surface area contributed by atoms with Crippen LogP contribution in [0.3, 0.4) is 0 Å². The van der Waals surface area contributed by atoms with Crippen LogP contribution in [0.5, 0.6) is 0 Å². The molecule has 0 radical (unpaired) electrons. The number of allylic oxidation sites excluding steroid dienone is 12. The van der Waals surface area contributed by atoms with Gasteiger partial charge in [-0.2, -0.15) is 0 Å². The Morgan fingerprint density at radius 1 is 0.671 bits per heavy atom. The maximum Gasteiger partial charge on any atom is 0.306 e. The first-order valence-corrected chi connectivity index (χ1v) is 30.8. The van der Waals surface area contributed by atoms with Crippen molar-refractivity contribution < 1.29 is 57.5 Å². The monoisotopic (exact) mass is 1110 g/mol. The molecule has 13 heteroatoms. The maximum atomic E-state index is 17.3. The van der Waals surface area contributed by atoms with Gasteiger partial charge in [0.1, 0.15) is 31.1 Å². The molecule has 0 unspecified atom stereocenters. The van der Waals surface area contributed by atoms with Crippen molar-refractivity contribution in [3.05, 3.63) is 72.4 Å². The van der Waals surface area contributed by atoms with Crippen LogP contribution >= 0.6 is 0 Å². The molecule has 0 spiro atoms. The number of ether oxygens (including phenoxy) is 4. The zero-order chi connectivity index (χ0) is 58.0. The van der Waals surface area contributed by atoms with Gasteiger partial charge in [-0.15, -0.1) is 0 Å². The van der Waals surface area contributed by atoms with Gasteiger partial charge < -0.3 is 34.6 Å². The number of esters is 4. The van der Waals surface area contributed by atoms with Crippen molar-refractivity contribution in [2.75, 3.05) is 19.8 Å². The van der Waals surface area contributed by atoms with E-state index in [-0.39, 0.29) is 62.7 Å². The second-order valence-corrected chi connectivity index (χ2v) is 23.3. The number of rotatable bonds is 42. The lowest BCUT2D eigenvalue weighted by molar-refractivity contribution is -0.167. The summed E-state index contributed by atoms with van der Waals surface area (Å²) in [5, 5.41) is 33.2. The highest BCUT2D eigenvalue weighted by Gasteiger charge is 2.65. The molecular formula is C66H104FNO11. The van der Waals surface area contributed by atoms with Gasteiger partial charge in [-0.3, -0.25) is 24.0 Å². The molecule has 2 fully saturated rings. The number of hydrogen-bond donors (Lipinski definition) is 3. The Morgan fingerprint density at radius 2 is 1.14 bits per heavy atom. The molecule has 0 aromatic carbocycles. The highest BCUT2D eigenvalue weighted by Crippen LogP contribution is 2.60. The predicted molar refractivity (Wildman–Crippen MR) is 313 cm³/mol. The minimum Gasteiger partial charge on any atom is -0.462 e. The largest absolute Gasteiger partial charge is 0.462 e. The first kappa shape index (κ1) is 68.8. The van der Waals surface area contributed by atoms with E-state index < -0.39 is 77.1 Å². The normalized spacial score (nSPS) is 24.8. The van der Waals surface area contributed by atoms with Crippen molar-refractivity contribution in [1.82, 2.24) is 0 Å². The molecule has 0 aliphatic heterocycles. The standard InChI is InChI=1S/C66H104FNO11/c1-7-9-11-13-15-17-19-21-23-25-27-29-31-33-35-39-59(71)76-49-56(79-62(74)40-36-34-32-30-28-26-24-22-20-18-16-14-12-10-8-2)50-77-60(72)41-42-61(73)78-51-57(68)66(75)53(4)46-52(3)64(66,6)48-58(70)65(67)44-37-38-54-47-55(69)43-45-63(54,65)5/h15-18,21-24,43,45,47,52-53,56,58,68,70,75H,7-14,19-20,25-42,44,46,48-51H2,1-6H3/b17-15-,18-16-,23-21-,24-22-,68-57?/t52-,53-,56-,58+,63+,64+,65+,66+/m1/s1. The molecule has 0 saturated heterocycles. The molecule has 3 rings (SSSR count). The number of hydrogen-bond acceptors (Lipinski definition) is 12. The van der Waals surface area contributed by atoms with E-state index in [1.807, 2.05) is 6.92 Å². The summed E-state index contributed by atoms with van der Waals surface area (Å²) < 4.78 is 39.3. The Balaban J connectivity index is 1.47. The average Bonchev–Trinajstić information content (AvgIpc) is 3.93. The van der Waals surface area contributed by atoms with Crippen molar-refractivity contribution in [2.24, 2.45) is 22.7 Å². The lowest BCUT2D eigenvalue weighted by atomic mass is 9.55. The number of carbonyl (C=O) groups excluding carboxylic acids is 5. The molecule has 3 aliphatic rings. The molecule has 79 heavy (non-hydrogen) atoms. The fourth-order valence-electron chi connectivity index (χ4n) is 11.8. The van der Waals surface area contributed by atoms with Gasteiger partial charge in [0.15, 0.2) is 11.9 Å². The topological polar surface area (TPSA) is 187 Å². The molecule has 0 aromatic heterocycles. The molecule has 0 amide bonds. The highest BCUT2D eigenvalue weighted by atomic mass is 19.1. The molecule has 2 saturated carbocycles. The molecule has 0 bridgehead atoms. The second kappa shape index (κ2) is 37.5. The quantitative estimate of drug-likeness (QED) is 0.0174. The number of aliphatic hydroxyl groups excluding tert-OH is 1. The summed E-state index contributed by atoms with van der Waals surface area (Å²) in [4.78, 5) is 64.0. The zero-order valence-corrected chi connectivity index (χ0v) is 49.6. The number of ketones is 1. The van der Waals surface area contributed by atoms with Gasteiger partial charge in [-0.1, -0.05) is 159 Å². The number of halogens is 1. The summed E-state index contributed by atoms with van der Waals surface area (Å²) in [7, 11) is 0. The van der Waals surface area contributed by atoms with Crippen LogP contribution in [0.1, 0.15) is 241 Å². The number of nitrogens with one attached hydrogen (secondary N) is 1. The third-order valence-electron chi connectivity index (χ3n) is 17.1. The summed E-state index contributed by atoms with van der Waals surface area (Å²) >= 11 is 0. The Kier molecular flexibility index (Phi) is 32.7. The highest BCUT2D eigenvalue weighted by molar-refractivity contribution is 6.01. The summed E-state index contributed by atoms with van der Waals surface area (Å²) in [6.07, 6.45) is 43.7. The molecule has 0 heterocycles. The first-order valence-electron chi connectivity index (χ1n) is 30.8. The molecule has 3 aliphatic carbocycles. The SMILES string of the molecule is CCCCC/C=C\C/C=C\CCCCCCCC(=O)OC[C@H](COC(=O)CCC(=O)OCC(=N)[C@@]1(O)[C@H](C)C[C@@H](C)[C@]1(C)C[C@H](O)[C@@]1(F)CCCC2=CC(=O)C=C[C@@]21C)OC(=O)CCCCCCC/C=C\C/C=C\CCCCC. The van der Waals surface area contributed by atoms with E-state index in [0.29, 0.717) is 37.7 Å². The van der Waals surface area contributed by atoms with E-state index in [1.165, 1.54) is 50.7 Å². The molecule has 8 atom stereocenters. The summed E-state index contributed by atoms with van der Waals surface area (Å²) in [6.45, 7) is 10.3. The van der Waals surface area contributed by atoms with Crippen LogP contribution in [0.2, 0.25) is 0 Å². The Labute approximate surface area is 475 Å². The van der Waals surface area contributed by atoms with Crippen LogP contribution in [0.4, 0.5) is 4.39 Å². The van der Waals surface area contributed by atoms with Crippen molar-refractivity contribution in [3.63, 3.8) is 0 Å². The molecule has 446 valence electrons. The van der Waals surface area contributed by atoms with Crippen LogP contribution in [0, 0.1) is 28.1 Å². The van der Waals surface area contributed by atoms with Crippen LogP contribution < -0.4 is 0 Å². The van der Waals surface area contributed by atoms with Crippen LogP contribution in [0.25, 0.3) is 0 Å². The van der Waals surface area contributed by atoms with Gasteiger partial charge in [0, 0.05) is 23.7 Å². The lowest BCUT2D eigenvalue weighted by Gasteiger charge is -2.53. The number of fused-ring (bicyclic) bond motifs is 1. The van der Waals surface area contributed by atoms with Gasteiger partial charge >= 0.3 is 23.9 Å². The summed E-state index contributed by atoms with van der Waals surface area (Å²) in [6, 6.07) is 0. The van der Waals surface area contributed by atoms with Gasteiger partial charge in [-0.05, 0) is 140 Å². The van der Waals surface area contributed by atoms with Gasteiger partial charge in [-0.25, -0.2) is 4.39 Å². The third kappa shape index (κ3) is 23.1. The van der Waals surface area contributed by atoms with E-state index in [4.69, 9.17) is 24.4 Å².